The number of carbonyl (C=O) groups is 1. The Hall–Kier alpha value is -1.65. The van der Waals surface area contributed by atoms with Gasteiger partial charge in [0.2, 0.25) is 0 Å². The minimum Gasteiger partial charge on any atom is -0.465 e. The first kappa shape index (κ1) is 8.93. The summed E-state index contributed by atoms with van der Waals surface area (Å²) in [4.78, 5) is 20.4. The van der Waals surface area contributed by atoms with Crippen LogP contribution < -0.4 is 0 Å². The third-order valence-corrected chi connectivity index (χ3v) is 2.42. The van der Waals surface area contributed by atoms with Gasteiger partial charge in [0.1, 0.15) is 0 Å². The number of hydrogen-bond donors (Lipinski definition) is 1. The molecule has 1 amide bonds. The van der Waals surface area contributed by atoms with Crippen LogP contribution in [-0.2, 0) is 0 Å². The molecule has 1 aromatic heterocycles. The summed E-state index contributed by atoms with van der Waals surface area (Å²) in [5.41, 5.74) is 0.743. The molecule has 1 atom stereocenters. The summed E-state index contributed by atoms with van der Waals surface area (Å²) in [6, 6.07) is -0.110. The fourth-order valence-corrected chi connectivity index (χ4v) is 1.79. The highest BCUT2D eigenvalue weighted by Crippen LogP contribution is 2.29. The van der Waals surface area contributed by atoms with E-state index < -0.39 is 6.09 Å². The molecule has 14 heavy (non-hydrogen) atoms. The van der Waals surface area contributed by atoms with Gasteiger partial charge in [0, 0.05) is 18.9 Å². The molecule has 5 heteroatoms. The van der Waals surface area contributed by atoms with Crippen molar-refractivity contribution in [2.75, 3.05) is 6.54 Å². The fraction of sp³-hybridized carbons (Fsp3) is 0.444. The van der Waals surface area contributed by atoms with Gasteiger partial charge in [-0.15, -0.1) is 0 Å². The van der Waals surface area contributed by atoms with Crippen molar-refractivity contribution in [2.45, 2.75) is 18.9 Å². The van der Waals surface area contributed by atoms with Crippen LogP contribution in [0, 0.1) is 0 Å². The Morgan fingerprint density at radius 3 is 3.07 bits per heavy atom. The minimum absolute atomic E-state index is 0.110. The zero-order valence-corrected chi connectivity index (χ0v) is 7.63. The molecule has 1 aliphatic rings. The second kappa shape index (κ2) is 3.61. The van der Waals surface area contributed by atoms with Gasteiger partial charge in [0.05, 0.1) is 17.9 Å². The van der Waals surface area contributed by atoms with E-state index in [4.69, 9.17) is 5.11 Å². The Bertz CT molecular complexity index is 328. The second-order valence-electron chi connectivity index (χ2n) is 3.26. The average Bonchev–Trinajstić information content (AvgIpc) is 2.67. The van der Waals surface area contributed by atoms with Crippen LogP contribution in [0.2, 0.25) is 0 Å². The molecule has 0 radical (unpaired) electrons. The maximum atomic E-state index is 10.9. The average molecular weight is 193 g/mol. The summed E-state index contributed by atoms with van der Waals surface area (Å²) in [7, 11) is 0. The van der Waals surface area contributed by atoms with Gasteiger partial charge in [0.15, 0.2) is 0 Å². The quantitative estimate of drug-likeness (QED) is 0.729. The van der Waals surface area contributed by atoms with Crippen LogP contribution in [0.5, 0.6) is 0 Å². The topological polar surface area (TPSA) is 66.3 Å². The van der Waals surface area contributed by atoms with Crippen molar-refractivity contribution < 1.29 is 9.90 Å². The van der Waals surface area contributed by atoms with Crippen molar-refractivity contribution in [1.29, 1.82) is 0 Å². The van der Waals surface area contributed by atoms with Gasteiger partial charge in [-0.1, -0.05) is 0 Å². The molecule has 5 nitrogen and oxygen atoms in total. The molecular formula is C9H11N3O2. The van der Waals surface area contributed by atoms with Gasteiger partial charge in [-0.05, 0) is 12.8 Å². The van der Waals surface area contributed by atoms with E-state index in [0.29, 0.717) is 6.54 Å². The van der Waals surface area contributed by atoms with Gasteiger partial charge >= 0.3 is 6.09 Å². The number of aromatic nitrogens is 2. The van der Waals surface area contributed by atoms with Gasteiger partial charge in [-0.3, -0.25) is 14.9 Å². The van der Waals surface area contributed by atoms with Crippen molar-refractivity contribution >= 4 is 6.09 Å². The number of rotatable bonds is 1. The van der Waals surface area contributed by atoms with Crippen LogP contribution in [0.25, 0.3) is 0 Å². The van der Waals surface area contributed by atoms with Crippen molar-refractivity contribution in [3.63, 3.8) is 0 Å². The Kier molecular flexibility index (Phi) is 2.30. The molecule has 74 valence electrons. The van der Waals surface area contributed by atoms with Crippen LogP contribution in [0.1, 0.15) is 24.6 Å². The molecule has 0 aliphatic carbocycles. The molecule has 1 aromatic rings. The number of hydrogen-bond acceptors (Lipinski definition) is 3. The number of carboxylic acid groups (broad SMARTS) is 1. The largest absolute Gasteiger partial charge is 0.465 e. The predicted octanol–water partition coefficient (Wildman–Crippen LogP) is 1.29. The van der Waals surface area contributed by atoms with E-state index in [1.807, 2.05) is 0 Å². The summed E-state index contributed by atoms with van der Waals surface area (Å²) in [6.45, 7) is 0.594. The van der Waals surface area contributed by atoms with E-state index in [0.717, 1.165) is 18.5 Å². The lowest BCUT2D eigenvalue weighted by molar-refractivity contribution is 0.139. The molecular weight excluding hydrogens is 182 g/mol. The molecule has 1 saturated heterocycles. The molecule has 0 spiro atoms. The highest BCUT2D eigenvalue weighted by Gasteiger charge is 2.30. The first-order valence-corrected chi connectivity index (χ1v) is 4.54. The van der Waals surface area contributed by atoms with Crippen LogP contribution >= 0.6 is 0 Å². The molecule has 1 aliphatic heterocycles. The number of amides is 1. The van der Waals surface area contributed by atoms with E-state index in [2.05, 4.69) is 9.97 Å². The van der Waals surface area contributed by atoms with Gasteiger partial charge in [-0.25, -0.2) is 4.79 Å². The Morgan fingerprint density at radius 2 is 2.43 bits per heavy atom. The van der Waals surface area contributed by atoms with Gasteiger partial charge < -0.3 is 5.11 Å². The third-order valence-electron chi connectivity index (χ3n) is 2.42. The zero-order chi connectivity index (χ0) is 9.97. The highest BCUT2D eigenvalue weighted by atomic mass is 16.4. The van der Waals surface area contributed by atoms with E-state index >= 15 is 0 Å². The molecule has 0 saturated carbocycles. The van der Waals surface area contributed by atoms with Gasteiger partial charge in [0.25, 0.3) is 0 Å². The third kappa shape index (κ3) is 1.53. The summed E-state index contributed by atoms with van der Waals surface area (Å²) >= 11 is 0. The summed E-state index contributed by atoms with van der Waals surface area (Å²) in [5, 5.41) is 8.92. The fourth-order valence-electron chi connectivity index (χ4n) is 1.79. The minimum atomic E-state index is -0.877. The Balaban J connectivity index is 2.22. The Labute approximate surface area is 81.4 Å². The van der Waals surface area contributed by atoms with E-state index in [1.54, 1.807) is 18.6 Å². The maximum absolute atomic E-state index is 10.9. The van der Waals surface area contributed by atoms with Crippen LogP contribution in [0.3, 0.4) is 0 Å². The summed E-state index contributed by atoms with van der Waals surface area (Å²) in [6.07, 6.45) is 5.67. The van der Waals surface area contributed by atoms with E-state index in [-0.39, 0.29) is 6.04 Å². The van der Waals surface area contributed by atoms with E-state index in [9.17, 15) is 4.79 Å². The molecule has 0 aromatic carbocycles. The second-order valence-corrected chi connectivity index (χ2v) is 3.26. The van der Waals surface area contributed by atoms with Crippen molar-refractivity contribution in [1.82, 2.24) is 14.9 Å². The monoisotopic (exact) mass is 193 g/mol. The zero-order valence-electron chi connectivity index (χ0n) is 7.63. The van der Waals surface area contributed by atoms with Crippen LogP contribution in [-0.4, -0.2) is 32.6 Å². The first-order chi connectivity index (χ1) is 6.79. The SMILES string of the molecule is O=C(O)N1CCCC1c1cnccn1. The lowest BCUT2D eigenvalue weighted by atomic mass is 10.1. The lowest BCUT2D eigenvalue weighted by Gasteiger charge is -2.20. The molecule has 2 rings (SSSR count). The summed E-state index contributed by atoms with van der Waals surface area (Å²) in [5.74, 6) is 0. The predicted molar refractivity (Wildman–Crippen MR) is 48.7 cm³/mol. The van der Waals surface area contributed by atoms with Crippen molar-refractivity contribution in [3.8, 4) is 0 Å². The molecule has 1 N–H and O–H groups in total. The molecule has 2 heterocycles. The standard InChI is InChI=1S/C9H11N3O2/c13-9(14)12-5-1-2-8(12)7-6-10-3-4-11-7/h3-4,6,8H,1-2,5H2,(H,13,14). The van der Waals surface area contributed by atoms with Crippen molar-refractivity contribution in [2.24, 2.45) is 0 Å². The normalized spacial score (nSPS) is 21.1. The van der Waals surface area contributed by atoms with Crippen LogP contribution in [0.4, 0.5) is 4.79 Å². The molecule has 1 fully saturated rings. The van der Waals surface area contributed by atoms with Crippen LogP contribution in [0.15, 0.2) is 18.6 Å². The molecule has 1 unspecified atom stereocenters. The highest BCUT2D eigenvalue weighted by molar-refractivity contribution is 5.66. The van der Waals surface area contributed by atoms with E-state index in [1.165, 1.54) is 4.90 Å². The number of nitrogens with zero attached hydrogens (tertiary/aromatic N) is 3. The first-order valence-electron chi connectivity index (χ1n) is 4.54. The smallest absolute Gasteiger partial charge is 0.407 e. The Morgan fingerprint density at radius 1 is 1.57 bits per heavy atom. The van der Waals surface area contributed by atoms with Gasteiger partial charge in [-0.2, -0.15) is 0 Å². The van der Waals surface area contributed by atoms with Crippen molar-refractivity contribution in [3.05, 3.63) is 24.3 Å². The summed E-state index contributed by atoms with van der Waals surface area (Å²) < 4.78 is 0. The number of likely N-dealkylation sites (tertiary alicyclic amines) is 1. The lowest BCUT2D eigenvalue weighted by Crippen LogP contribution is -2.29. The molecule has 0 bridgehead atoms. The maximum Gasteiger partial charge on any atom is 0.407 e.